The molecule has 0 amide bonds. The lowest BCUT2D eigenvalue weighted by atomic mass is 9.98. The van der Waals surface area contributed by atoms with Gasteiger partial charge in [0.05, 0.1) is 10.6 Å². The molecule has 3 rings (SSSR count). The maximum atomic E-state index is 13.1. The molecule has 0 aromatic heterocycles. The van der Waals surface area contributed by atoms with Gasteiger partial charge in [-0.25, -0.2) is 0 Å². The van der Waals surface area contributed by atoms with Gasteiger partial charge in [-0.05, 0) is 49.6 Å². The molecule has 0 radical (unpaired) electrons. The van der Waals surface area contributed by atoms with Gasteiger partial charge in [-0.2, -0.15) is 13.2 Å². The van der Waals surface area contributed by atoms with E-state index in [-0.39, 0.29) is 11.4 Å². The maximum Gasteiger partial charge on any atom is 0.417 e. The van der Waals surface area contributed by atoms with E-state index in [1.807, 2.05) is 37.4 Å². The smallest absolute Gasteiger partial charge is 0.359 e. The van der Waals surface area contributed by atoms with Gasteiger partial charge in [0.2, 0.25) is 0 Å². The predicted molar refractivity (Wildman–Crippen MR) is 128 cm³/mol. The van der Waals surface area contributed by atoms with E-state index in [9.17, 15) is 13.2 Å². The van der Waals surface area contributed by atoms with Crippen molar-refractivity contribution in [3.63, 3.8) is 0 Å². The van der Waals surface area contributed by atoms with Crippen molar-refractivity contribution in [1.82, 2.24) is 4.90 Å². The number of halogens is 4. The van der Waals surface area contributed by atoms with Crippen molar-refractivity contribution >= 4 is 29.1 Å². The molecule has 1 aliphatic rings. The lowest BCUT2D eigenvalue weighted by Crippen LogP contribution is -2.20. The molecule has 1 N–H and O–H groups in total. The van der Waals surface area contributed by atoms with Crippen LogP contribution in [0.2, 0.25) is 5.02 Å². The number of anilines is 1. The highest BCUT2D eigenvalue weighted by Gasteiger charge is 2.33. The number of rotatable bonds is 8. The highest BCUT2D eigenvalue weighted by atomic mass is 35.5. The van der Waals surface area contributed by atoms with Crippen LogP contribution in [0.3, 0.4) is 0 Å². The van der Waals surface area contributed by atoms with E-state index >= 15 is 0 Å². The Bertz CT molecular complexity index is 1080. The maximum absolute atomic E-state index is 13.1. The van der Waals surface area contributed by atoms with Crippen LogP contribution in [0.5, 0.6) is 0 Å². The van der Waals surface area contributed by atoms with Crippen molar-refractivity contribution in [3.05, 3.63) is 101 Å². The molecule has 0 atom stereocenters. The molecule has 1 aliphatic heterocycles. The fraction of sp³-hybridized carbons (Fsp3) is 0.231. The summed E-state index contributed by atoms with van der Waals surface area (Å²) >= 11 is 5.72. The normalized spacial score (nSPS) is 13.2. The number of fused-ring (bicyclic) bond motifs is 1. The van der Waals surface area contributed by atoms with Crippen molar-refractivity contribution in [1.29, 1.82) is 0 Å². The number of nitrogens with one attached hydrogen (secondary N) is 1. The molecule has 0 saturated carbocycles. The zero-order valence-electron chi connectivity index (χ0n) is 18.0. The molecule has 32 heavy (non-hydrogen) atoms. The molecular weight excluding hydrogens is 433 g/mol. The highest BCUT2D eigenvalue weighted by Crippen LogP contribution is 2.36. The Morgan fingerprint density at radius 2 is 1.91 bits per heavy atom. The summed E-state index contributed by atoms with van der Waals surface area (Å²) in [5, 5.41) is 2.94. The summed E-state index contributed by atoms with van der Waals surface area (Å²) in [7, 11) is 0. The van der Waals surface area contributed by atoms with Crippen LogP contribution < -0.4 is 5.32 Å². The Morgan fingerprint density at radius 1 is 1.16 bits per heavy atom. The second-order valence-corrected chi connectivity index (χ2v) is 8.41. The van der Waals surface area contributed by atoms with Gasteiger partial charge in [0, 0.05) is 47.4 Å². The number of benzene rings is 2. The Kier molecular flexibility index (Phi) is 7.19. The van der Waals surface area contributed by atoms with Gasteiger partial charge in [0.15, 0.2) is 0 Å². The molecule has 2 aromatic rings. The van der Waals surface area contributed by atoms with Gasteiger partial charge in [-0.1, -0.05) is 48.5 Å². The van der Waals surface area contributed by atoms with Crippen molar-refractivity contribution in [2.24, 2.45) is 0 Å². The minimum absolute atomic E-state index is 0.238. The van der Waals surface area contributed by atoms with Crippen LogP contribution in [0.25, 0.3) is 11.8 Å². The molecule has 168 valence electrons. The Balaban J connectivity index is 1.73. The molecule has 0 unspecified atom stereocenters. The van der Waals surface area contributed by atoms with Crippen LogP contribution in [0, 0.1) is 0 Å². The lowest BCUT2D eigenvalue weighted by Gasteiger charge is -2.29. The Morgan fingerprint density at radius 3 is 2.59 bits per heavy atom. The molecular formula is C26H26ClF3N2. The third-order valence-electron chi connectivity index (χ3n) is 5.25. The highest BCUT2D eigenvalue weighted by molar-refractivity contribution is 6.31. The number of nitrogens with zero attached hydrogens (tertiary/aromatic N) is 1. The average molecular weight is 459 g/mol. The largest absolute Gasteiger partial charge is 0.417 e. The van der Waals surface area contributed by atoms with Crippen LogP contribution in [-0.4, -0.2) is 11.4 Å². The van der Waals surface area contributed by atoms with E-state index in [0.29, 0.717) is 11.3 Å². The average Bonchev–Trinajstić information content (AvgIpc) is 2.70. The van der Waals surface area contributed by atoms with Crippen LogP contribution in [0.15, 0.2) is 73.6 Å². The molecule has 0 bridgehead atoms. The zero-order chi connectivity index (χ0) is 23.5. The number of allylic oxidation sites excluding steroid dienone is 2. The van der Waals surface area contributed by atoms with E-state index in [0.717, 1.165) is 53.5 Å². The zero-order valence-corrected chi connectivity index (χ0v) is 18.8. The van der Waals surface area contributed by atoms with E-state index in [2.05, 4.69) is 30.0 Å². The molecule has 0 saturated heterocycles. The molecule has 0 fully saturated rings. The summed E-state index contributed by atoms with van der Waals surface area (Å²) in [5.41, 5.74) is 5.10. The van der Waals surface area contributed by atoms with Crippen molar-refractivity contribution < 1.29 is 13.2 Å². The van der Waals surface area contributed by atoms with Crippen molar-refractivity contribution in [2.75, 3.05) is 11.9 Å². The van der Waals surface area contributed by atoms with Crippen molar-refractivity contribution in [3.8, 4) is 0 Å². The van der Waals surface area contributed by atoms with Crippen LogP contribution in [0.4, 0.5) is 18.9 Å². The third kappa shape index (κ3) is 5.65. The first-order valence-corrected chi connectivity index (χ1v) is 10.7. The summed E-state index contributed by atoms with van der Waals surface area (Å²) in [4.78, 5) is 2.12. The fourth-order valence-electron chi connectivity index (χ4n) is 3.66. The number of alkyl halides is 3. The summed E-state index contributed by atoms with van der Waals surface area (Å²) in [6.45, 7) is 15.1. The first-order chi connectivity index (χ1) is 15.1. The summed E-state index contributed by atoms with van der Waals surface area (Å²) in [5.74, 6) is 0. The monoisotopic (exact) mass is 458 g/mol. The minimum Gasteiger partial charge on any atom is -0.359 e. The lowest BCUT2D eigenvalue weighted by molar-refractivity contribution is -0.137. The summed E-state index contributed by atoms with van der Waals surface area (Å²) < 4.78 is 39.4. The molecule has 1 heterocycles. The van der Waals surface area contributed by atoms with Crippen LogP contribution >= 0.6 is 11.6 Å². The Hall–Kier alpha value is -2.92. The molecule has 6 heteroatoms. The summed E-state index contributed by atoms with van der Waals surface area (Å²) in [6.07, 6.45) is 1.72. The van der Waals surface area contributed by atoms with Crippen molar-refractivity contribution in [2.45, 2.75) is 32.4 Å². The van der Waals surface area contributed by atoms with Crippen LogP contribution in [-0.2, 0) is 12.6 Å². The van der Waals surface area contributed by atoms with Gasteiger partial charge in [-0.3, -0.25) is 0 Å². The first kappa shape index (κ1) is 23.7. The predicted octanol–water partition coefficient (Wildman–Crippen LogP) is 8.14. The fourth-order valence-corrected chi connectivity index (χ4v) is 3.88. The van der Waals surface area contributed by atoms with Gasteiger partial charge in [-0.15, -0.1) is 6.58 Å². The topological polar surface area (TPSA) is 15.3 Å². The van der Waals surface area contributed by atoms with E-state index < -0.39 is 11.7 Å². The quantitative estimate of drug-likeness (QED) is 0.401. The van der Waals surface area contributed by atoms with Gasteiger partial charge < -0.3 is 10.2 Å². The van der Waals surface area contributed by atoms with E-state index in [1.54, 1.807) is 6.07 Å². The van der Waals surface area contributed by atoms with Gasteiger partial charge in [0.25, 0.3) is 0 Å². The first-order valence-electron chi connectivity index (χ1n) is 10.3. The third-order valence-corrected chi connectivity index (χ3v) is 5.58. The van der Waals surface area contributed by atoms with E-state index in [1.165, 1.54) is 6.07 Å². The second-order valence-electron chi connectivity index (χ2n) is 8.00. The number of hydrogen-bond donors (Lipinski definition) is 1. The standard InChI is InChI=1S/C26H26ClF3N2/c1-17(2)7-6-13-32-14-12-22-21(19(32)4)8-5-9-25(22)31-18(3)15-20-10-11-24(27)23(16-20)26(28,29)30/h5,8-12,14,16,31H,1,3-4,6-7,13,15H2,2H3. The summed E-state index contributed by atoms with van der Waals surface area (Å²) in [6, 6.07) is 9.77. The SMILES string of the molecule is C=C(C)CCCN1C=Cc2c(NC(=C)Cc3ccc(Cl)c(C(F)(F)F)c3)cccc2C1=C. The van der Waals surface area contributed by atoms with Gasteiger partial charge in [0.1, 0.15) is 0 Å². The van der Waals surface area contributed by atoms with Crippen LogP contribution in [0.1, 0.15) is 42.0 Å². The minimum atomic E-state index is -4.50. The molecule has 0 spiro atoms. The Labute approximate surface area is 192 Å². The van der Waals surface area contributed by atoms with E-state index in [4.69, 9.17) is 11.6 Å². The molecule has 2 nitrogen and oxygen atoms in total. The number of hydrogen-bond acceptors (Lipinski definition) is 2. The second kappa shape index (κ2) is 9.70. The molecule has 2 aromatic carbocycles. The molecule has 0 aliphatic carbocycles. The van der Waals surface area contributed by atoms with Gasteiger partial charge >= 0.3 is 6.18 Å².